The number of hydrogen-bond donors (Lipinski definition) is 2. The summed E-state index contributed by atoms with van der Waals surface area (Å²) in [6, 6.07) is 9.18. The number of rotatable bonds is 4. The van der Waals surface area contributed by atoms with Crippen molar-refractivity contribution in [3.8, 4) is 0 Å². The van der Waals surface area contributed by atoms with E-state index >= 15 is 0 Å². The molecule has 122 valence electrons. The van der Waals surface area contributed by atoms with Crippen molar-refractivity contribution in [1.82, 2.24) is 4.98 Å². The highest BCUT2D eigenvalue weighted by molar-refractivity contribution is 7.12. The Morgan fingerprint density at radius 2 is 1.96 bits per heavy atom. The number of carbonyl (C=O) groups excluding carboxylic acids is 2. The van der Waals surface area contributed by atoms with E-state index in [1.807, 2.05) is 32.0 Å². The molecule has 2 aromatic heterocycles. The average molecular weight is 341 g/mol. The second kappa shape index (κ2) is 6.67. The Morgan fingerprint density at radius 1 is 1.12 bits per heavy atom. The van der Waals surface area contributed by atoms with Gasteiger partial charge in [0.25, 0.3) is 11.8 Å². The van der Waals surface area contributed by atoms with E-state index in [4.69, 9.17) is 4.42 Å². The number of carbonyl (C=O) groups is 2. The molecule has 0 atom stereocenters. The van der Waals surface area contributed by atoms with Crippen molar-refractivity contribution in [3.05, 3.63) is 63.7 Å². The standard InChI is InChI=1S/C17H15N3O3S/c1-10-5-6-12(11(2)8-10)18-15(21)13-9-23-17(19-13)20-16(22)14-4-3-7-24-14/h3-9H,1-2H3,(H,18,21)(H,19,20,22). The lowest BCUT2D eigenvalue weighted by Crippen LogP contribution is -2.14. The summed E-state index contributed by atoms with van der Waals surface area (Å²) in [6.45, 7) is 3.90. The van der Waals surface area contributed by atoms with Gasteiger partial charge in [0, 0.05) is 5.69 Å². The van der Waals surface area contributed by atoms with Crippen LogP contribution in [0.1, 0.15) is 31.3 Å². The van der Waals surface area contributed by atoms with E-state index in [0.29, 0.717) is 10.6 Å². The highest BCUT2D eigenvalue weighted by atomic mass is 32.1. The highest BCUT2D eigenvalue weighted by Gasteiger charge is 2.16. The molecule has 0 aliphatic carbocycles. The molecule has 2 heterocycles. The second-order valence-corrected chi connectivity index (χ2v) is 6.19. The van der Waals surface area contributed by atoms with Gasteiger partial charge < -0.3 is 9.73 Å². The Morgan fingerprint density at radius 3 is 2.67 bits per heavy atom. The number of thiophene rings is 1. The maximum Gasteiger partial charge on any atom is 0.302 e. The molecule has 0 spiro atoms. The first kappa shape index (κ1) is 15.9. The van der Waals surface area contributed by atoms with Gasteiger partial charge in [0.15, 0.2) is 5.69 Å². The lowest BCUT2D eigenvalue weighted by atomic mass is 10.1. The molecule has 0 radical (unpaired) electrons. The third-order valence-corrected chi connectivity index (χ3v) is 4.20. The Hall–Kier alpha value is -2.93. The van der Waals surface area contributed by atoms with Crippen LogP contribution in [0, 0.1) is 13.8 Å². The first-order valence-electron chi connectivity index (χ1n) is 7.22. The number of aromatic nitrogens is 1. The summed E-state index contributed by atoms with van der Waals surface area (Å²) in [5.41, 5.74) is 2.87. The maximum absolute atomic E-state index is 12.2. The SMILES string of the molecule is Cc1ccc(NC(=O)c2coc(NC(=O)c3cccs3)n2)c(C)c1. The summed E-state index contributed by atoms with van der Waals surface area (Å²) < 4.78 is 5.14. The molecule has 2 N–H and O–H groups in total. The smallest absolute Gasteiger partial charge is 0.302 e. The van der Waals surface area contributed by atoms with Gasteiger partial charge >= 0.3 is 6.01 Å². The largest absolute Gasteiger partial charge is 0.431 e. The first-order chi connectivity index (χ1) is 11.5. The zero-order chi connectivity index (χ0) is 17.1. The lowest BCUT2D eigenvalue weighted by molar-refractivity contribution is 0.101. The van der Waals surface area contributed by atoms with Gasteiger partial charge in [-0.25, -0.2) is 0 Å². The first-order valence-corrected chi connectivity index (χ1v) is 8.10. The van der Waals surface area contributed by atoms with E-state index in [1.54, 1.807) is 17.5 Å². The van der Waals surface area contributed by atoms with Gasteiger partial charge in [-0.05, 0) is 36.9 Å². The van der Waals surface area contributed by atoms with Crippen LogP contribution in [-0.4, -0.2) is 16.8 Å². The molecular weight excluding hydrogens is 326 g/mol. The molecule has 0 saturated carbocycles. The molecule has 0 unspecified atom stereocenters. The summed E-state index contributed by atoms with van der Waals surface area (Å²) in [5.74, 6) is -0.726. The van der Waals surface area contributed by atoms with E-state index in [0.717, 1.165) is 11.1 Å². The van der Waals surface area contributed by atoms with Crippen LogP contribution in [0.2, 0.25) is 0 Å². The average Bonchev–Trinajstić information content (AvgIpc) is 3.21. The fourth-order valence-corrected chi connectivity index (χ4v) is 2.76. The lowest BCUT2D eigenvalue weighted by Gasteiger charge is -2.07. The normalized spacial score (nSPS) is 10.4. The zero-order valence-corrected chi connectivity index (χ0v) is 13.9. The fourth-order valence-electron chi connectivity index (χ4n) is 2.14. The molecule has 0 bridgehead atoms. The minimum Gasteiger partial charge on any atom is -0.431 e. The van der Waals surface area contributed by atoms with Crippen LogP contribution in [0.5, 0.6) is 0 Å². The molecule has 24 heavy (non-hydrogen) atoms. The van der Waals surface area contributed by atoms with Gasteiger partial charge in [-0.1, -0.05) is 23.8 Å². The van der Waals surface area contributed by atoms with Crippen LogP contribution in [0.4, 0.5) is 11.7 Å². The third-order valence-electron chi connectivity index (χ3n) is 3.33. The third kappa shape index (κ3) is 3.52. The minimum absolute atomic E-state index is 0.0146. The highest BCUT2D eigenvalue weighted by Crippen LogP contribution is 2.18. The Balaban J connectivity index is 1.68. The Labute approximate surface area is 142 Å². The fraction of sp³-hybridized carbons (Fsp3) is 0.118. The van der Waals surface area contributed by atoms with Crippen LogP contribution in [0.3, 0.4) is 0 Å². The molecule has 2 amide bonds. The maximum atomic E-state index is 12.2. The van der Waals surface area contributed by atoms with Gasteiger partial charge in [-0.2, -0.15) is 4.98 Å². The van der Waals surface area contributed by atoms with Gasteiger partial charge in [0.2, 0.25) is 0 Å². The van der Waals surface area contributed by atoms with Crippen molar-refractivity contribution in [3.63, 3.8) is 0 Å². The summed E-state index contributed by atoms with van der Waals surface area (Å²) in [5, 5.41) is 7.09. The number of benzene rings is 1. The molecular formula is C17H15N3O3S. The molecule has 0 aliphatic rings. The van der Waals surface area contributed by atoms with E-state index in [9.17, 15) is 9.59 Å². The quantitative estimate of drug-likeness (QED) is 0.755. The monoisotopic (exact) mass is 341 g/mol. The van der Waals surface area contributed by atoms with Gasteiger partial charge in [-0.3, -0.25) is 14.9 Å². The summed E-state index contributed by atoms with van der Waals surface area (Å²) in [7, 11) is 0. The Kier molecular flexibility index (Phi) is 4.43. The summed E-state index contributed by atoms with van der Waals surface area (Å²) in [4.78, 5) is 28.7. The second-order valence-electron chi connectivity index (χ2n) is 5.24. The van der Waals surface area contributed by atoms with Crippen LogP contribution in [-0.2, 0) is 0 Å². The molecule has 3 rings (SSSR count). The number of amides is 2. The molecule has 0 fully saturated rings. The van der Waals surface area contributed by atoms with Crippen molar-refractivity contribution < 1.29 is 14.0 Å². The van der Waals surface area contributed by atoms with Gasteiger partial charge in [0.1, 0.15) is 6.26 Å². The van der Waals surface area contributed by atoms with Crippen molar-refractivity contribution in [2.45, 2.75) is 13.8 Å². The minimum atomic E-state index is -0.401. The van der Waals surface area contributed by atoms with Gasteiger partial charge in [-0.15, -0.1) is 11.3 Å². The number of hydrogen-bond acceptors (Lipinski definition) is 5. The Bertz CT molecular complexity index is 884. The predicted molar refractivity (Wildman–Crippen MR) is 92.6 cm³/mol. The number of aryl methyl sites for hydroxylation is 2. The van der Waals surface area contributed by atoms with Crippen LogP contribution >= 0.6 is 11.3 Å². The van der Waals surface area contributed by atoms with Crippen molar-refractivity contribution in [2.24, 2.45) is 0 Å². The van der Waals surface area contributed by atoms with Crippen molar-refractivity contribution in [2.75, 3.05) is 10.6 Å². The number of nitrogens with zero attached hydrogens (tertiary/aromatic N) is 1. The van der Waals surface area contributed by atoms with Crippen LogP contribution in [0.15, 0.2) is 46.4 Å². The molecule has 0 aliphatic heterocycles. The van der Waals surface area contributed by atoms with Crippen LogP contribution < -0.4 is 10.6 Å². The van der Waals surface area contributed by atoms with Crippen LogP contribution in [0.25, 0.3) is 0 Å². The molecule has 3 aromatic rings. The zero-order valence-electron chi connectivity index (χ0n) is 13.1. The molecule has 0 saturated heterocycles. The molecule has 6 nitrogen and oxygen atoms in total. The molecule has 1 aromatic carbocycles. The van der Waals surface area contributed by atoms with Crippen molar-refractivity contribution in [1.29, 1.82) is 0 Å². The van der Waals surface area contributed by atoms with E-state index in [-0.39, 0.29) is 17.6 Å². The van der Waals surface area contributed by atoms with Crippen molar-refractivity contribution >= 4 is 34.9 Å². The molecule has 7 heteroatoms. The number of nitrogens with one attached hydrogen (secondary N) is 2. The number of anilines is 2. The van der Waals surface area contributed by atoms with E-state index < -0.39 is 5.91 Å². The number of oxazole rings is 1. The predicted octanol–water partition coefficient (Wildman–Crippen LogP) is 3.86. The topological polar surface area (TPSA) is 84.2 Å². The summed E-state index contributed by atoms with van der Waals surface area (Å²) in [6.07, 6.45) is 1.21. The van der Waals surface area contributed by atoms with E-state index in [2.05, 4.69) is 15.6 Å². The summed E-state index contributed by atoms with van der Waals surface area (Å²) >= 11 is 1.31. The van der Waals surface area contributed by atoms with E-state index in [1.165, 1.54) is 17.6 Å². The van der Waals surface area contributed by atoms with Gasteiger partial charge in [0.05, 0.1) is 4.88 Å².